The Morgan fingerprint density at radius 3 is 2.57 bits per heavy atom. The van der Waals surface area contributed by atoms with Gasteiger partial charge in [0.05, 0.1) is 12.8 Å². The molecule has 2 aromatic heterocycles. The van der Waals surface area contributed by atoms with Crippen LogP contribution in [-0.4, -0.2) is 43.5 Å². The van der Waals surface area contributed by atoms with Crippen LogP contribution in [0.5, 0.6) is 17.6 Å². The number of fused-ring (bicyclic) bond motifs is 1. The van der Waals surface area contributed by atoms with Gasteiger partial charge in [-0.25, -0.2) is 4.98 Å². The summed E-state index contributed by atoms with van der Waals surface area (Å²) in [5, 5.41) is 18.8. The van der Waals surface area contributed by atoms with Crippen LogP contribution in [0.1, 0.15) is 19.3 Å². The molecule has 1 N–H and O–H groups in total. The molecule has 1 aromatic carbocycles. The minimum atomic E-state index is 0.0655. The molecule has 2 aliphatic rings. The molecule has 8 heteroatoms. The van der Waals surface area contributed by atoms with Crippen molar-refractivity contribution in [2.45, 2.75) is 25.4 Å². The zero-order valence-corrected chi connectivity index (χ0v) is 15.3. The molecule has 2 saturated carbocycles. The Kier molecular flexibility index (Phi) is 4.03. The van der Waals surface area contributed by atoms with Crippen molar-refractivity contribution >= 4 is 0 Å². The fraction of sp³-hybridized carbons (Fsp3) is 0.350. The predicted octanol–water partition coefficient (Wildman–Crippen LogP) is 2.89. The summed E-state index contributed by atoms with van der Waals surface area (Å²) in [5.74, 6) is 2.73. The summed E-state index contributed by atoms with van der Waals surface area (Å²) in [5.41, 5.74) is 1.79. The van der Waals surface area contributed by atoms with Gasteiger partial charge in [-0.1, -0.05) is 6.07 Å². The third-order valence-electron chi connectivity index (χ3n) is 5.39. The van der Waals surface area contributed by atoms with Gasteiger partial charge in [0.2, 0.25) is 5.88 Å². The predicted molar refractivity (Wildman–Crippen MR) is 99.8 cm³/mol. The van der Waals surface area contributed by atoms with Crippen molar-refractivity contribution < 1.29 is 14.6 Å². The molecular formula is C20H19N5O3. The van der Waals surface area contributed by atoms with Crippen LogP contribution in [-0.2, 0) is 0 Å². The number of benzene rings is 1. The van der Waals surface area contributed by atoms with E-state index >= 15 is 0 Å². The highest BCUT2D eigenvalue weighted by Crippen LogP contribution is 2.52. The maximum Gasteiger partial charge on any atom is 0.319 e. The maximum absolute atomic E-state index is 10.5. The number of rotatable bonds is 5. The molecule has 5 rings (SSSR count). The first-order chi connectivity index (χ1) is 13.7. The van der Waals surface area contributed by atoms with E-state index in [1.54, 1.807) is 30.3 Å². The largest absolute Gasteiger partial charge is 0.507 e. The molecule has 28 heavy (non-hydrogen) atoms. The van der Waals surface area contributed by atoms with Crippen molar-refractivity contribution in [3.05, 3.63) is 36.7 Å². The number of hydrogen-bond donors (Lipinski definition) is 1. The molecule has 0 saturated heterocycles. The molecule has 3 aromatic rings. The molecule has 0 aliphatic heterocycles. The van der Waals surface area contributed by atoms with Gasteiger partial charge in [-0.05, 0) is 49.3 Å². The van der Waals surface area contributed by atoms with E-state index < -0.39 is 0 Å². The molecular weight excluding hydrogens is 358 g/mol. The van der Waals surface area contributed by atoms with Gasteiger partial charge in [-0.2, -0.15) is 9.97 Å². The van der Waals surface area contributed by atoms with Crippen LogP contribution in [0.3, 0.4) is 0 Å². The normalized spacial score (nSPS) is 22.5. The van der Waals surface area contributed by atoms with Gasteiger partial charge < -0.3 is 14.6 Å². The maximum atomic E-state index is 10.5. The quantitative estimate of drug-likeness (QED) is 0.724. The number of methoxy groups -OCH3 is 1. The number of aromatic hydroxyl groups is 1. The Balaban J connectivity index is 1.34. The second-order valence-corrected chi connectivity index (χ2v) is 7.25. The van der Waals surface area contributed by atoms with Crippen molar-refractivity contribution in [1.82, 2.24) is 25.1 Å². The number of phenolic OH excluding ortho intramolecular Hbond substituents is 1. The molecule has 0 spiro atoms. The minimum Gasteiger partial charge on any atom is -0.507 e. The van der Waals surface area contributed by atoms with Gasteiger partial charge in [-0.3, -0.25) is 0 Å². The highest BCUT2D eigenvalue weighted by Gasteiger charge is 2.46. The smallest absolute Gasteiger partial charge is 0.319 e. The topological polar surface area (TPSA) is 103 Å². The number of phenols is 1. The van der Waals surface area contributed by atoms with Crippen LogP contribution < -0.4 is 9.47 Å². The molecule has 3 atom stereocenters. The number of hydrogen-bond acceptors (Lipinski definition) is 8. The van der Waals surface area contributed by atoms with Crippen molar-refractivity contribution in [2.24, 2.45) is 11.8 Å². The summed E-state index contributed by atoms with van der Waals surface area (Å²) in [6.07, 6.45) is 5.23. The van der Waals surface area contributed by atoms with E-state index in [1.807, 2.05) is 0 Å². The average Bonchev–Trinajstić information content (AvgIpc) is 3.34. The second kappa shape index (κ2) is 6.70. The molecule has 2 fully saturated rings. The number of aromatic nitrogens is 5. The molecule has 8 nitrogen and oxygen atoms in total. The molecule has 0 unspecified atom stereocenters. The lowest BCUT2D eigenvalue weighted by Crippen LogP contribution is -2.14. The van der Waals surface area contributed by atoms with Crippen molar-refractivity contribution in [1.29, 1.82) is 0 Å². The molecule has 0 radical (unpaired) electrons. The summed E-state index contributed by atoms with van der Waals surface area (Å²) >= 11 is 0. The zero-order valence-electron chi connectivity index (χ0n) is 15.3. The standard InChI is InChI=1S/C20H19N5O3/c1-27-20-22-10-21-19(23-20)11-2-3-15(17(26)9-11)16-4-5-18(25-24-16)28-14-7-12-6-13(12)8-14/h2-5,9-10,12-14,26H,6-8H2,1H3/t12-,13+,14+. The molecule has 142 valence electrons. The molecule has 2 aliphatic carbocycles. The Labute approximate surface area is 161 Å². The van der Waals surface area contributed by atoms with Crippen molar-refractivity contribution in [2.75, 3.05) is 7.11 Å². The van der Waals surface area contributed by atoms with Gasteiger partial charge >= 0.3 is 6.01 Å². The SMILES string of the molecule is COc1ncnc(-c2ccc(-c3ccc(O[C@@H]4C[C@@H]5C[C@@H]5C4)nn3)c(O)c2)n1. The molecule has 0 bridgehead atoms. The van der Waals surface area contributed by atoms with Crippen molar-refractivity contribution in [3.63, 3.8) is 0 Å². The number of nitrogens with zero attached hydrogens (tertiary/aromatic N) is 5. The molecule has 0 amide bonds. The van der Waals surface area contributed by atoms with Crippen LogP contribution in [0, 0.1) is 11.8 Å². The summed E-state index contributed by atoms with van der Waals surface area (Å²) in [7, 11) is 1.49. The minimum absolute atomic E-state index is 0.0655. The van der Waals surface area contributed by atoms with Gasteiger partial charge in [0, 0.05) is 17.2 Å². The fourth-order valence-electron chi connectivity index (χ4n) is 3.86. The van der Waals surface area contributed by atoms with Crippen molar-refractivity contribution in [3.8, 4) is 40.3 Å². The lowest BCUT2D eigenvalue weighted by Gasteiger charge is -2.13. The van der Waals surface area contributed by atoms with Gasteiger partial charge in [-0.15, -0.1) is 10.2 Å². The Hall–Kier alpha value is -3.29. The van der Waals surface area contributed by atoms with E-state index in [1.165, 1.54) is 19.9 Å². The van der Waals surface area contributed by atoms with E-state index in [-0.39, 0.29) is 17.9 Å². The third kappa shape index (κ3) is 3.21. The average molecular weight is 377 g/mol. The Bertz CT molecular complexity index is 1000. The number of ether oxygens (including phenoxy) is 2. The Morgan fingerprint density at radius 2 is 1.86 bits per heavy atom. The fourth-order valence-corrected chi connectivity index (χ4v) is 3.86. The van der Waals surface area contributed by atoms with Crippen LogP contribution in [0.25, 0.3) is 22.6 Å². The second-order valence-electron chi connectivity index (χ2n) is 7.25. The first-order valence-electron chi connectivity index (χ1n) is 9.27. The van der Waals surface area contributed by atoms with Crippen LogP contribution in [0.2, 0.25) is 0 Å². The van der Waals surface area contributed by atoms with Gasteiger partial charge in [0.25, 0.3) is 0 Å². The summed E-state index contributed by atoms with van der Waals surface area (Å²) < 4.78 is 10.9. The Morgan fingerprint density at radius 1 is 1.00 bits per heavy atom. The van der Waals surface area contributed by atoms with E-state index in [9.17, 15) is 5.11 Å². The zero-order chi connectivity index (χ0) is 19.1. The van der Waals surface area contributed by atoms with Gasteiger partial charge in [0.1, 0.15) is 18.2 Å². The first kappa shape index (κ1) is 16.9. The third-order valence-corrected chi connectivity index (χ3v) is 5.39. The van der Waals surface area contributed by atoms with E-state index in [0.29, 0.717) is 28.5 Å². The van der Waals surface area contributed by atoms with E-state index in [0.717, 1.165) is 24.7 Å². The van der Waals surface area contributed by atoms with Crippen LogP contribution >= 0.6 is 0 Å². The summed E-state index contributed by atoms with van der Waals surface area (Å²) in [4.78, 5) is 12.2. The van der Waals surface area contributed by atoms with Crippen LogP contribution in [0.4, 0.5) is 0 Å². The van der Waals surface area contributed by atoms with Crippen LogP contribution in [0.15, 0.2) is 36.7 Å². The lowest BCUT2D eigenvalue weighted by molar-refractivity contribution is 0.184. The summed E-state index contributed by atoms with van der Waals surface area (Å²) in [6.45, 7) is 0. The van der Waals surface area contributed by atoms with E-state index in [2.05, 4.69) is 25.1 Å². The van der Waals surface area contributed by atoms with Gasteiger partial charge in [0.15, 0.2) is 5.82 Å². The van der Waals surface area contributed by atoms with E-state index in [4.69, 9.17) is 9.47 Å². The highest BCUT2D eigenvalue weighted by atomic mass is 16.5. The monoisotopic (exact) mass is 377 g/mol. The lowest BCUT2D eigenvalue weighted by atomic mass is 10.1. The summed E-state index contributed by atoms with van der Waals surface area (Å²) in [6, 6.07) is 8.97. The first-order valence-corrected chi connectivity index (χ1v) is 9.27. The molecule has 2 heterocycles. The highest BCUT2D eigenvalue weighted by molar-refractivity contribution is 5.71.